The van der Waals surface area contributed by atoms with Gasteiger partial charge >= 0.3 is 0 Å². The van der Waals surface area contributed by atoms with Crippen LogP contribution in [0.4, 0.5) is 0 Å². The van der Waals surface area contributed by atoms with E-state index in [1.54, 1.807) is 21.6 Å². The maximum absolute atomic E-state index is 3.62. The molecule has 0 nitrogen and oxygen atoms in total. The minimum Gasteiger partial charge on any atom is -0.0918 e. The van der Waals surface area contributed by atoms with Gasteiger partial charge in [0.15, 0.2) is 0 Å². The second kappa shape index (κ2) is 4.47. The van der Waals surface area contributed by atoms with Crippen LogP contribution in [0.15, 0.2) is 47.2 Å². The van der Waals surface area contributed by atoms with Gasteiger partial charge in [-0.3, -0.25) is 0 Å². The van der Waals surface area contributed by atoms with E-state index in [9.17, 15) is 0 Å². The van der Waals surface area contributed by atoms with Gasteiger partial charge in [0.05, 0.1) is 0 Å². The van der Waals surface area contributed by atoms with Gasteiger partial charge in [0.1, 0.15) is 0 Å². The number of benzene rings is 1. The largest absolute Gasteiger partial charge is 0.0918 e. The van der Waals surface area contributed by atoms with E-state index in [-0.39, 0.29) is 0 Å². The highest BCUT2D eigenvalue weighted by molar-refractivity contribution is 8.77. The Labute approximate surface area is 69.1 Å². The molecule has 0 N–H and O–H groups in total. The zero-order chi connectivity index (χ0) is 7.23. The third kappa shape index (κ3) is 2.50. The Morgan fingerprint density at radius 2 is 1.90 bits per heavy atom. The summed E-state index contributed by atoms with van der Waals surface area (Å²) in [5.41, 5.74) is 0. The second-order valence-corrected chi connectivity index (χ2v) is 3.90. The molecule has 0 spiro atoms. The van der Waals surface area contributed by atoms with Gasteiger partial charge in [0, 0.05) is 4.90 Å². The van der Waals surface area contributed by atoms with Crippen LogP contribution in [0.25, 0.3) is 0 Å². The van der Waals surface area contributed by atoms with Crippen LogP contribution in [0.5, 0.6) is 0 Å². The maximum atomic E-state index is 3.62. The van der Waals surface area contributed by atoms with Gasteiger partial charge in [-0.2, -0.15) is 0 Å². The monoisotopic (exact) mass is 168 g/mol. The summed E-state index contributed by atoms with van der Waals surface area (Å²) in [5, 5.41) is 1.83. The van der Waals surface area contributed by atoms with Crippen molar-refractivity contribution in [2.24, 2.45) is 0 Å². The van der Waals surface area contributed by atoms with Crippen LogP contribution in [0.3, 0.4) is 0 Å². The molecule has 0 saturated heterocycles. The summed E-state index contributed by atoms with van der Waals surface area (Å²) in [4.78, 5) is 1.27. The Kier molecular flexibility index (Phi) is 3.47. The fourth-order valence-corrected chi connectivity index (χ4v) is 1.88. The average Bonchev–Trinajstić information content (AvgIpc) is 2.03. The lowest BCUT2D eigenvalue weighted by molar-refractivity contribution is 1.48. The van der Waals surface area contributed by atoms with Gasteiger partial charge in [-0.1, -0.05) is 46.4 Å². The van der Waals surface area contributed by atoms with Crippen molar-refractivity contribution in [1.82, 2.24) is 0 Å². The third-order valence-corrected chi connectivity index (χ3v) is 2.93. The molecule has 1 aromatic carbocycles. The molecule has 0 aliphatic carbocycles. The molecular formula is C8H8S2. The minimum atomic E-state index is 1.27. The minimum absolute atomic E-state index is 1.27. The van der Waals surface area contributed by atoms with E-state index < -0.39 is 0 Å². The Morgan fingerprint density at radius 3 is 2.50 bits per heavy atom. The fraction of sp³-hybridized carbons (Fsp3) is 0. The molecule has 52 valence electrons. The lowest BCUT2D eigenvalue weighted by atomic mass is 10.4. The van der Waals surface area contributed by atoms with Crippen LogP contribution in [-0.2, 0) is 0 Å². The fourth-order valence-electron chi connectivity index (χ4n) is 0.566. The van der Waals surface area contributed by atoms with Crippen molar-refractivity contribution in [3.05, 3.63) is 42.3 Å². The molecule has 1 aromatic rings. The molecule has 1 rings (SSSR count). The van der Waals surface area contributed by atoms with E-state index in [0.29, 0.717) is 0 Å². The summed E-state index contributed by atoms with van der Waals surface area (Å²) in [7, 11) is 3.36. The first kappa shape index (κ1) is 7.76. The molecule has 0 amide bonds. The Hall–Kier alpha value is -0.340. The number of hydrogen-bond acceptors (Lipinski definition) is 2. The number of rotatable bonds is 3. The first-order valence-corrected chi connectivity index (χ1v) is 5.14. The lowest BCUT2D eigenvalue weighted by Crippen LogP contribution is -1.61. The predicted molar refractivity (Wildman–Crippen MR) is 50.1 cm³/mol. The summed E-state index contributed by atoms with van der Waals surface area (Å²) >= 11 is 0. The molecule has 0 fully saturated rings. The predicted octanol–water partition coefficient (Wildman–Crippen LogP) is 3.57. The zero-order valence-corrected chi connectivity index (χ0v) is 7.12. The van der Waals surface area contributed by atoms with Crippen LogP contribution in [0.1, 0.15) is 0 Å². The van der Waals surface area contributed by atoms with Crippen molar-refractivity contribution in [2.45, 2.75) is 4.90 Å². The molecule has 0 aliphatic heterocycles. The third-order valence-electron chi connectivity index (χ3n) is 0.956. The van der Waals surface area contributed by atoms with Crippen molar-refractivity contribution < 1.29 is 0 Å². The van der Waals surface area contributed by atoms with Gasteiger partial charge in [0.25, 0.3) is 0 Å². The van der Waals surface area contributed by atoms with Crippen molar-refractivity contribution in [1.29, 1.82) is 0 Å². The van der Waals surface area contributed by atoms with Gasteiger partial charge in [0.2, 0.25) is 0 Å². The molecule has 0 atom stereocenters. The average molecular weight is 168 g/mol. The SMILES string of the molecule is C=CSSc1ccccc1. The van der Waals surface area contributed by atoms with Gasteiger partial charge < -0.3 is 0 Å². The molecule has 0 radical (unpaired) electrons. The Bertz CT molecular complexity index is 194. The normalized spacial score (nSPS) is 9.20. The molecule has 0 aromatic heterocycles. The van der Waals surface area contributed by atoms with Crippen LogP contribution >= 0.6 is 21.6 Å². The van der Waals surface area contributed by atoms with Gasteiger partial charge in [-0.25, -0.2) is 0 Å². The van der Waals surface area contributed by atoms with Crippen LogP contribution in [-0.4, -0.2) is 0 Å². The molecule has 10 heavy (non-hydrogen) atoms. The topological polar surface area (TPSA) is 0 Å². The van der Waals surface area contributed by atoms with E-state index in [4.69, 9.17) is 0 Å². The zero-order valence-electron chi connectivity index (χ0n) is 5.49. The van der Waals surface area contributed by atoms with E-state index in [2.05, 4.69) is 18.7 Å². The molecular weight excluding hydrogens is 160 g/mol. The second-order valence-electron chi connectivity index (χ2n) is 1.66. The van der Waals surface area contributed by atoms with Crippen LogP contribution in [0.2, 0.25) is 0 Å². The standard InChI is InChI=1S/C8H8S2/c1-2-9-10-8-6-4-3-5-7-8/h2-7H,1H2. The highest BCUT2D eigenvalue weighted by atomic mass is 33.1. The van der Waals surface area contributed by atoms with E-state index in [1.165, 1.54) is 4.90 Å². The quantitative estimate of drug-likeness (QED) is 0.633. The summed E-state index contributed by atoms with van der Waals surface area (Å²) < 4.78 is 0. The van der Waals surface area contributed by atoms with Crippen molar-refractivity contribution in [2.75, 3.05) is 0 Å². The van der Waals surface area contributed by atoms with E-state index in [1.807, 2.05) is 23.6 Å². The van der Waals surface area contributed by atoms with Crippen LogP contribution < -0.4 is 0 Å². The van der Waals surface area contributed by atoms with E-state index in [0.717, 1.165) is 0 Å². The van der Waals surface area contributed by atoms with Crippen LogP contribution in [0, 0.1) is 0 Å². The summed E-state index contributed by atoms with van der Waals surface area (Å²) in [6.07, 6.45) is 0. The van der Waals surface area contributed by atoms with Gasteiger partial charge in [-0.15, -0.1) is 0 Å². The lowest BCUT2D eigenvalue weighted by Gasteiger charge is -1.93. The Balaban J connectivity index is 2.50. The van der Waals surface area contributed by atoms with Gasteiger partial charge in [-0.05, 0) is 17.5 Å². The summed E-state index contributed by atoms with van der Waals surface area (Å²) in [5.74, 6) is 0. The maximum Gasteiger partial charge on any atom is 0.0186 e. The first-order valence-electron chi connectivity index (χ1n) is 2.93. The summed E-state index contributed by atoms with van der Waals surface area (Å²) in [6, 6.07) is 10.3. The smallest absolute Gasteiger partial charge is 0.0186 e. The molecule has 0 saturated carbocycles. The highest BCUT2D eigenvalue weighted by Crippen LogP contribution is 2.30. The van der Waals surface area contributed by atoms with Crippen molar-refractivity contribution in [3.8, 4) is 0 Å². The number of hydrogen-bond donors (Lipinski definition) is 0. The molecule has 0 unspecified atom stereocenters. The molecule has 0 aliphatic rings. The Morgan fingerprint density at radius 1 is 1.20 bits per heavy atom. The summed E-state index contributed by atoms with van der Waals surface area (Å²) in [6.45, 7) is 3.62. The molecule has 2 heteroatoms. The van der Waals surface area contributed by atoms with Crippen molar-refractivity contribution in [3.63, 3.8) is 0 Å². The highest BCUT2D eigenvalue weighted by Gasteiger charge is 1.87. The van der Waals surface area contributed by atoms with E-state index >= 15 is 0 Å². The first-order chi connectivity index (χ1) is 4.93. The van der Waals surface area contributed by atoms with Crippen molar-refractivity contribution >= 4 is 21.6 Å². The molecule has 0 heterocycles. The molecule has 0 bridgehead atoms.